The monoisotopic (exact) mass is 301 g/mol. The van der Waals surface area contributed by atoms with Gasteiger partial charge in [-0.3, -0.25) is 9.67 Å². The number of hydrogen-bond donors (Lipinski definition) is 1. The molecule has 20 heavy (non-hydrogen) atoms. The SMILES string of the molecule is Cc1cccc(-c2n[nH]c(=S)n2-c2ccc(Cl)cc2)c1. The van der Waals surface area contributed by atoms with Gasteiger partial charge in [-0.05, 0) is 49.5 Å². The molecule has 2 aromatic carbocycles. The van der Waals surface area contributed by atoms with Crippen LogP contribution in [0.2, 0.25) is 5.02 Å². The van der Waals surface area contributed by atoms with Crippen LogP contribution in [0.15, 0.2) is 48.5 Å². The first-order valence-electron chi connectivity index (χ1n) is 6.15. The van der Waals surface area contributed by atoms with E-state index in [4.69, 9.17) is 23.8 Å². The van der Waals surface area contributed by atoms with Crippen molar-refractivity contribution in [3.63, 3.8) is 0 Å². The largest absolute Gasteiger partial charge is 0.268 e. The number of hydrogen-bond acceptors (Lipinski definition) is 2. The number of nitrogens with zero attached hydrogens (tertiary/aromatic N) is 2. The summed E-state index contributed by atoms with van der Waals surface area (Å²) in [6.45, 7) is 2.05. The molecule has 3 nitrogen and oxygen atoms in total. The molecule has 1 aromatic heterocycles. The Bertz CT molecular complexity index is 802. The van der Waals surface area contributed by atoms with Crippen LogP contribution in [-0.2, 0) is 0 Å². The van der Waals surface area contributed by atoms with Crippen molar-refractivity contribution in [3.05, 3.63) is 63.9 Å². The van der Waals surface area contributed by atoms with Crippen LogP contribution in [0, 0.1) is 11.7 Å². The van der Waals surface area contributed by atoms with E-state index in [1.807, 2.05) is 41.0 Å². The van der Waals surface area contributed by atoms with Crippen LogP contribution in [0.1, 0.15) is 5.56 Å². The van der Waals surface area contributed by atoms with Crippen molar-refractivity contribution in [3.8, 4) is 17.1 Å². The van der Waals surface area contributed by atoms with Crippen LogP contribution in [-0.4, -0.2) is 14.8 Å². The molecule has 0 aliphatic carbocycles. The molecule has 0 spiro atoms. The number of rotatable bonds is 2. The maximum atomic E-state index is 5.93. The van der Waals surface area contributed by atoms with Crippen LogP contribution >= 0.6 is 23.8 Å². The van der Waals surface area contributed by atoms with Crippen molar-refractivity contribution in [2.45, 2.75) is 6.92 Å². The predicted molar refractivity (Wildman–Crippen MR) is 83.9 cm³/mol. The zero-order valence-electron chi connectivity index (χ0n) is 10.8. The minimum atomic E-state index is 0.559. The fourth-order valence-corrected chi connectivity index (χ4v) is 2.47. The zero-order chi connectivity index (χ0) is 14.1. The molecule has 1 heterocycles. The lowest BCUT2D eigenvalue weighted by Gasteiger charge is -2.07. The Morgan fingerprint density at radius 2 is 1.90 bits per heavy atom. The number of halogens is 1. The minimum absolute atomic E-state index is 0.559. The molecule has 0 fully saturated rings. The molecule has 0 atom stereocenters. The quantitative estimate of drug-likeness (QED) is 0.704. The summed E-state index contributed by atoms with van der Waals surface area (Å²) in [5.41, 5.74) is 3.14. The highest BCUT2D eigenvalue weighted by molar-refractivity contribution is 7.71. The maximum Gasteiger partial charge on any atom is 0.200 e. The Balaban J connectivity index is 2.20. The summed E-state index contributed by atoms with van der Waals surface area (Å²) in [6.07, 6.45) is 0. The number of aryl methyl sites for hydroxylation is 1. The van der Waals surface area contributed by atoms with Crippen molar-refractivity contribution in [2.75, 3.05) is 0 Å². The summed E-state index contributed by atoms with van der Waals surface area (Å²) in [6, 6.07) is 15.7. The minimum Gasteiger partial charge on any atom is -0.268 e. The van der Waals surface area contributed by atoms with Gasteiger partial charge in [0.25, 0.3) is 0 Å². The molecule has 1 N–H and O–H groups in total. The smallest absolute Gasteiger partial charge is 0.200 e. The van der Waals surface area contributed by atoms with E-state index in [0.717, 1.165) is 17.1 Å². The van der Waals surface area contributed by atoms with E-state index >= 15 is 0 Å². The van der Waals surface area contributed by atoms with E-state index in [1.54, 1.807) is 0 Å². The molecule has 3 rings (SSSR count). The van der Waals surface area contributed by atoms with Gasteiger partial charge in [0.15, 0.2) is 10.6 Å². The van der Waals surface area contributed by atoms with E-state index in [9.17, 15) is 0 Å². The van der Waals surface area contributed by atoms with Gasteiger partial charge >= 0.3 is 0 Å². The molecule has 5 heteroatoms. The molecular formula is C15H12ClN3S. The van der Waals surface area contributed by atoms with Gasteiger partial charge in [0, 0.05) is 10.6 Å². The van der Waals surface area contributed by atoms with Crippen LogP contribution in [0.3, 0.4) is 0 Å². The normalized spacial score (nSPS) is 10.7. The van der Waals surface area contributed by atoms with Gasteiger partial charge in [-0.15, -0.1) is 0 Å². The Kier molecular flexibility index (Phi) is 3.42. The Morgan fingerprint density at radius 1 is 1.15 bits per heavy atom. The standard InChI is InChI=1S/C15H12ClN3S/c1-10-3-2-4-11(9-10)14-17-18-15(20)19(14)13-7-5-12(16)6-8-13/h2-9H,1H3,(H,18,20). The highest BCUT2D eigenvalue weighted by Crippen LogP contribution is 2.23. The number of aromatic amines is 1. The molecular weight excluding hydrogens is 290 g/mol. The van der Waals surface area contributed by atoms with E-state index in [0.29, 0.717) is 9.79 Å². The van der Waals surface area contributed by atoms with Gasteiger partial charge in [0.1, 0.15) is 0 Å². The first-order valence-corrected chi connectivity index (χ1v) is 6.94. The van der Waals surface area contributed by atoms with E-state index in [-0.39, 0.29) is 0 Å². The van der Waals surface area contributed by atoms with E-state index in [2.05, 4.69) is 29.3 Å². The van der Waals surface area contributed by atoms with Crippen LogP contribution in [0.5, 0.6) is 0 Å². The third kappa shape index (κ3) is 2.40. The van der Waals surface area contributed by atoms with Crippen LogP contribution < -0.4 is 0 Å². The van der Waals surface area contributed by atoms with Crippen molar-refractivity contribution >= 4 is 23.8 Å². The van der Waals surface area contributed by atoms with Crippen molar-refractivity contribution < 1.29 is 0 Å². The summed E-state index contributed by atoms with van der Waals surface area (Å²) in [5, 5.41) is 7.89. The average Bonchev–Trinajstić information content (AvgIpc) is 2.82. The van der Waals surface area contributed by atoms with Crippen LogP contribution in [0.4, 0.5) is 0 Å². The number of nitrogens with one attached hydrogen (secondary N) is 1. The summed E-state index contributed by atoms with van der Waals surface area (Å²) in [4.78, 5) is 0. The lowest BCUT2D eigenvalue weighted by Crippen LogP contribution is -1.97. The van der Waals surface area contributed by atoms with E-state index < -0.39 is 0 Å². The second-order valence-corrected chi connectivity index (χ2v) is 5.36. The van der Waals surface area contributed by atoms with Gasteiger partial charge in [-0.2, -0.15) is 5.10 Å². The average molecular weight is 302 g/mol. The van der Waals surface area contributed by atoms with Gasteiger partial charge in [0.05, 0.1) is 5.69 Å². The molecule has 0 amide bonds. The van der Waals surface area contributed by atoms with Crippen molar-refractivity contribution in [2.24, 2.45) is 0 Å². The third-order valence-electron chi connectivity index (χ3n) is 3.03. The zero-order valence-corrected chi connectivity index (χ0v) is 12.4. The first kappa shape index (κ1) is 13.1. The highest BCUT2D eigenvalue weighted by atomic mass is 35.5. The molecule has 3 aromatic rings. The fourth-order valence-electron chi connectivity index (χ4n) is 2.10. The summed E-state index contributed by atoms with van der Waals surface area (Å²) in [5.74, 6) is 0.793. The number of aromatic nitrogens is 3. The van der Waals surface area contributed by atoms with Gasteiger partial charge in [0.2, 0.25) is 0 Å². The van der Waals surface area contributed by atoms with E-state index in [1.165, 1.54) is 5.56 Å². The lowest BCUT2D eigenvalue weighted by atomic mass is 10.1. The van der Waals surface area contributed by atoms with Crippen molar-refractivity contribution in [1.82, 2.24) is 14.8 Å². The molecule has 0 radical (unpaired) electrons. The highest BCUT2D eigenvalue weighted by Gasteiger charge is 2.10. The summed E-state index contributed by atoms with van der Waals surface area (Å²) < 4.78 is 2.46. The molecule has 0 aliphatic rings. The molecule has 0 unspecified atom stereocenters. The van der Waals surface area contributed by atoms with Crippen LogP contribution in [0.25, 0.3) is 17.1 Å². The first-order chi connectivity index (χ1) is 9.65. The van der Waals surface area contributed by atoms with Gasteiger partial charge in [-0.1, -0.05) is 35.4 Å². The van der Waals surface area contributed by atoms with Crippen molar-refractivity contribution in [1.29, 1.82) is 0 Å². The summed E-state index contributed by atoms with van der Waals surface area (Å²) >= 11 is 11.3. The molecule has 0 aliphatic heterocycles. The molecule has 0 saturated heterocycles. The second kappa shape index (κ2) is 5.23. The number of H-pyrrole nitrogens is 1. The van der Waals surface area contributed by atoms with Gasteiger partial charge < -0.3 is 0 Å². The topological polar surface area (TPSA) is 33.6 Å². The lowest BCUT2D eigenvalue weighted by molar-refractivity contribution is 1.04. The number of benzene rings is 2. The fraction of sp³-hybridized carbons (Fsp3) is 0.0667. The Labute approximate surface area is 126 Å². The predicted octanol–water partition coefficient (Wildman–Crippen LogP) is 4.56. The molecule has 0 saturated carbocycles. The third-order valence-corrected chi connectivity index (χ3v) is 3.56. The van der Waals surface area contributed by atoms with Gasteiger partial charge in [-0.25, -0.2) is 0 Å². The Morgan fingerprint density at radius 3 is 2.60 bits per heavy atom. The Hall–Kier alpha value is -1.91. The molecule has 0 bridgehead atoms. The summed E-state index contributed by atoms with van der Waals surface area (Å²) in [7, 11) is 0. The second-order valence-electron chi connectivity index (χ2n) is 4.53. The molecule has 100 valence electrons. The maximum absolute atomic E-state index is 5.93.